The summed E-state index contributed by atoms with van der Waals surface area (Å²) in [5, 5.41) is 13.5. The number of nitrogens with zero attached hydrogens (tertiary/aromatic N) is 1. The molecule has 0 spiro atoms. The molecule has 0 aromatic heterocycles. The molecule has 1 aromatic carbocycles. The fourth-order valence-electron chi connectivity index (χ4n) is 1.18. The Morgan fingerprint density at radius 3 is 2.88 bits per heavy atom. The van der Waals surface area contributed by atoms with Gasteiger partial charge in [0, 0.05) is 18.7 Å². The average Bonchev–Trinajstić information content (AvgIpc) is 2.34. The molecule has 0 radical (unpaired) electrons. The number of esters is 1. The molecule has 0 heterocycles. The largest absolute Gasteiger partial charge is 0.461 e. The first-order valence-corrected chi connectivity index (χ1v) is 4.91. The third-order valence-electron chi connectivity index (χ3n) is 1.93. The summed E-state index contributed by atoms with van der Waals surface area (Å²) in [6.45, 7) is 3.67. The number of hydrogen-bond acceptors (Lipinski definition) is 5. The fraction of sp³-hybridized carbons (Fsp3) is 0.182. The summed E-state index contributed by atoms with van der Waals surface area (Å²) in [4.78, 5) is 20.9. The van der Waals surface area contributed by atoms with Crippen LogP contribution < -0.4 is 5.32 Å². The molecule has 0 atom stereocenters. The van der Waals surface area contributed by atoms with Crippen LogP contribution >= 0.6 is 0 Å². The van der Waals surface area contributed by atoms with Crippen LogP contribution in [0.3, 0.4) is 0 Å². The van der Waals surface area contributed by atoms with Gasteiger partial charge in [0.2, 0.25) is 0 Å². The van der Waals surface area contributed by atoms with Gasteiger partial charge in [-0.25, -0.2) is 4.79 Å². The predicted molar refractivity (Wildman–Crippen MR) is 62.7 cm³/mol. The van der Waals surface area contributed by atoms with E-state index in [1.165, 1.54) is 6.07 Å². The first kappa shape index (κ1) is 12.7. The predicted octanol–water partition coefficient (Wildman–Crippen LogP) is 1.74. The highest BCUT2D eigenvalue weighted by Crippen LogP contribution is 2.22. The smallest absolute Gasteiger partial charge is 0.330 e. The normalized spacial score (nSPS) is 9.41. The summed E-state index contributed by atoms with van der Waals surface area (Å²) in [7, 11) is 0. The van der Waals surface area contributed by atoms with E-state index in [0.29, 0.717) is 12.2 Å². The number of carbonyl (C=O) groups excluding carboxylic acids is 1. The highest BCUT2D eigenvalue weighted by Gasteiger charge is 2.11. The van der Waals surface area contributed by atoms with Crippen molar-refractivity contribution >= 4 is 17.3 Å². The Kier molecular flexibility index (Phi) is 4.68. The summed E-state index contributed by atoms with van der Waals surface area (Å²) in [5.41, 5.74) is 0.384. The summed E-state index contributed by atoms with van der Waals surface area (Å²) in [6, 6.07) is 6.26. The van der Waals surface area contributed by atoms with Crippen LogP contribution in [0, 0.1) is 10.1 Å². The summed E-state index contributed by atoms with van der Waals surface area (Å²) in [5.74, 6) is -0.519. The number of nitro groups is 1. The second kappa shape index (κ2) is 6.26. The number of ether oxygens (including phenoxy) is 1. The lowest BCUT2D eigenvalue weighted by atomic mass is 10.2. The first-order chi connectivity index (χ1) is 8.15. The highest BCUT2D eigenvalue weighted by atomic mass is 16.6. The van der Waals surface area contributed by atoms with Gasteiger partial charge in [0.05, 0.1) is 4.92 Å². The molecule has 0 saturated heterocycles. The van der Waals surface area contributed by atoms with E-state index >= 15 is 0 Å². The molecule has 0 saturated carbocycles. The Balaban J connectivity index is 2.49. The highest BCUT2D eigenvalue weighted by molar-refractivity contribution is 5.81. The van der Waals surface area contributed by atoms with Gasteiger partial charge in [-0.15, -0.1) is 0 Å². The van der Waals surface area contributed by atoms with Crippen molar-refractivity contribution in [3.63, 3.8) is 0 Å². The van der Waals surface area contributed by atoms with E-state index in [-0.39, 0.29) is 12.3 Å². The van der Waals surface area contributed by atoms with Crippen molar-refractivity contribution in [1.82, 2.24) is 0 Å². The molecule has 1 aromatic rings. The number of anilines is 1. The third kappa shape index (κ3) is 3.94. The maximum absolute atomic E-state index is 10.7. The van der Waals surface area contributed by atoms with E-state index in [1.807, 2.05) is 0 Å². The molecular weight excluding hydrogens is 224 g/mol. The molecule has 6 nitrogen and oxygen atoms in total. The number of benzene rings is 1. The molecule has 1 N–H and O–H groups in total. The Labute approximate surface area is 98.0 Å². The van der Waals surface area contributed by atoms with Crippen LogP contribution in [0.2, 0.25) is 0 Å². The number of carbonyl (C=O) groups is 1. The molecule has 0 aliphatic carbocycles. The van der Waals surface area contributed by atoms with Gasteiger partial charge in [-0.1, -0.05) is 18.7 Å². The maximum Gasteiger partial charge on any atom is 0.330 e. The standard InChI is InChI=1S/C11H12N2O4/c1-2-11(14)17-8-7-12-9-5-3-4-6-10(9)13(15)16/h2-6,12H,1,7-8H2. The van der Waals surface area contributed by atoms with E-state index < -0.39 is 10.9 Å². The zero-order chi connectivity index (χ0) is 12.7. The van der Waals surface area contributed by atoms with E-state index in [0.717, 1.165) is 6.08 Å². The number of para-hydroxylation sites is 2. The van der Waals surface area contributed by atoms with Crippen LogP contribution in [0.25, 0.3) is 0 Å². The van der Waals surface area contributed by atoms with Crippen molar-refractivity contribution in [2.75, 3.05) is 18.5 Å². The zero-order valence-corrected chi connectivity index (χ0v) is 9.09. The van der Waals surface area contributed by atoms with Crippen molar-refractivity contribution in [3.8, 4) is 0 Å². The monoisotopic (exact) mass is 236 g/mol. The van der Waals surface area contributed by atoms with Gasteiger partial charge in [0.1, 0.15) is 12.3 Å². The maximum atomic E-state index is 10.7. The number of rotatable bonds is 6. The molecular formula is C11H12N2O4. The first-order valence-electron chi connectivity index (χ1n) is 4.91. The van der Waals surface area contributed by atoms with Crippen molar-refractivity contribution in [2.45, 2.75) is 0 Å². The van der Waals surface area contributed by atoms with Crippen LogP contribution in [0.5, 0.6) is 0 Å². The summed E-state index contributed by atoms with van der Waals surface area (Å²) >= 11 is 0. The van der Waals surface area contributed by atoms with Crippen molar-refractivity contribution in [1.29, 1.82) is 0 Å². The Hall–Kier alpha value is -2.37. The lowest BCUT2D eigenvalue weighted by molar-refractivity contribution is -0.384. The van der Waals surface area contributed by atoms with Crippen molar-refractivity contribution < 1.29 is 14.5 Å². The van der Waals surface area contributed by atoms with Gasteiger partial charge < -0.3 is 10.1 Å². The van der Waals surface area contributed by atoms with Crippen LogP contribution in [0.1, 0.15) is 0 Å². The minimum atomic E-state index is -0.519. The molecule has 0 fully saturated rings. The Bertz CT molecular complexity index is 431. The van der Waals surface area contributed by atoms with Gasteiger partial charge in [-0.05, 0) is 6.07 Å². The van der Waals surface area contributed by atoms with Crippen LogP contribution in [-0.2, 0) is 9.53 Å². The number of nitrogens with one attached hydrogen (secondary N) is 1. The second-order valence-electron chi connectivity index (χ2n) is 3.07. The molecule has 0 bridgehead atoms. The number of nitro benzene ring substituents is 1. The molecule has 17 heavy (non-hydrogen) atoms. The minimum absolute atomic E-state index is 0.0115. The molecule has 6 heteroatoms. The van der Waals surface area contributed by atoms with E-state index in [1.54, 1.807) is 18.2 Å². The molecule has 90 valence electrons. The lowest BCUT2D eigenvalue weighted by Crippen LogP contribution is -2.12. The quantitative estimate of drug-likeness (QED) is 0.267. The van der Waals surface area contributed by atoms with Gasteiger partial charge in [0.15, 0.2) is 0 Å². The van der Waals surface area contributed by atoms with Crippen LogP contribution in [-0.4, -0.2) is 24.0 Å². The second-order valence-corrected chi connectivity index (χ2v) is 3.07. The topological polar surface area (TPSA) is 81.5 Å². The average molecular weight is 236 g/mol. The third-order valence-corrected chi connectivity index (χ3v) is 1.93. The van der Waals surface area contributed by atoms with E-state index in [4.69, 9.17) is 4.74 Å². The number of hydrogen-bond donors (Lipinski definition) is 1. The van der Waals surface area contributed by atoms with E-state index in [9.17, 15) is 14.9 Å². The Morgan fingerprint density at radius 2 is 2.24 bits per heavy atom. The van der Waals surface area contributed by atoms with Crippen molar-refractivity contribution in [3.05, 3.63) is 47.0 Å². The SMILES string of the molecule is C=CC(=O)OCCNc1ccccc1[N+](=O)[O-]. The molecule has 0 amide bonds. The lowest BCUT2D eigenvalue weighted by Gasteiger charge is -2.06. The Morgan fingerprint density at radius 1 is 1.53 bits per heavy atom. The van der Waals surface area contributed by atoms with Crippen molar-refractivity contribution in [2.24, 2.45) is 0 Å². The van der Waals surface area contributed by atoms with E-state index in [2.05, 4.69) is 11.9 Å². The van der Waals surface area contributed by atoms with Crippen LogP contribution in [0.15, 0.2) is 36.9 Å². The van der Waals surface area contributed by atoms with Crippen LogP contribution in [0.4, 0.5) is 11.4 Å². The van der Waals surface area contributed by atoms with Gasteiger partial charge in [0.25, 0.3) is 5.69 Å². The van der Waals surface area contributed by atoms with Gasteiger partial charge >= 0.3 is 5.97 Å². The summed E-state index contributed by atoms with van der Waals surface area (Å²) < 4.78 is 4.72. The van der Waals surface area contributed by atoms with Gasteiger partial charge in [-0.2, -0.15) is 0 Å². The minimum Gasteiger partial charge on any atom is -0.461 e. The molecule has 0 unspecified atom stereocenters. The molecule has 0 aliphatic heterocycles. The zero-order valence-electron chi connectivity index (χ0n) is 9.09. The van der Waals surface area contributed by atoms with Gasteiger partial charge in [-0.3, -0.25) is 10.1 Å². The molecule has 1 rings (SSSR count). The fourth-order valence-corrected chi connectivity index (χ4v) is 1.18. The summed E-state index contributed by atoms with van der Waals surface area (Å²) in [6.07, 6.45) is 1.06. The molecule has 0 aliphatic rings.